The fraction of sp³-hybridized carbons (Fsp3) is 0.300. The van der Waals surface area contributed by atoms with Gasteiger partial charge in [0.05, 0.1) is 18.1 Å². The molecular weight excluding hydrogens is 304 g/mol. The number of carbonyl (C=O) groups is 1. The first-order chi connectivity index (χ1) is 9.26. The number of anilines is 2. The third-order valence-electron chi connectivity index (χ3n) is 2.30. The molecule has 0 aliphatic heterocycles. The van der Waals surface area contributed by atoms with Crippen molar-refractivity contribution < 1.29 is 17.6 Å². The molecule has 0 aliphatic carbocycles. The van der Waals surface area contributed by atoms with Crippen LogP contribution in [0.3, 0.4) is 0 Å². The Labute approximate surface area is 119 Å². The van der Waals surface area contributed by atoms with Crippen molar-refractivity contribution in [2.24, 2.45) is 0 Å². The predicted molar refractivity (Wildman–Crippen MR) is 74.5 cm³/mol. The molecular formula is C10H12N4O4S2. The number of hydrogen-bond donors (Lipinski definition) is 2. The van der Waals surface area contributed by atoms with Gasteiger partial charge in [0.15, 0.2) is 0 Å². The summed E-state index contributed by atoms with van der Waals surface area (Å²) in [5, 5.41) is 10.1. The molecule has 2 aromatic heterocycles. The molecule has 0 aromatic carbocycles. The summed E-state index contributed by atoms with van der Waals surface area (Å²) in [4.78, 5) is 12.0. The number of carbonyl (C=O) groups excluding carboxylic acids is 1. The highest BCUT2D eigenvalue weighted by atomic mass is 32.2. The molecule has 0 fully saturated rings. The van der Waals surface area contributed by atoms with Crippen molar-refractivity contribution >= 4 is 37.5 Å². The smallest absolute Gasteiger partial charge is 0.261 e. The van der Waals surface area contributed by atoms with Crippen LogP contribution in [-0.2, 0) is 10.0 Å². The highest BCUT2D eigenvalue weighted by Crippen LogP contribution is 2.23. The van der Waals surface area contributed by atoms with Gasteiger partial charge in [-0.2, -0.15) is 0 Å². The van der Waals surface area contributed by atoms with Gasteiger partial charge in [0, 0.05) is 5.56 Å². The van der Waals surface area contributed by atoms with E-state index in [2.05, 4.69) is 20.2 Å². The largest absolute Gasteiger partial charge is 0.469 e. The van der Waals surface area contributed by atoms with Gasteiger partial charge in [0.2, 0.25) is 20.3 Å². The van der Waals surface area contributed by atoms with E-state index in [1.165, 1.54) is 6.26 Å². The van der Waals surface area contributed by atoms with Gasteiger partial charge in [-0.25, -0.2) is 8.42 Å². The molecule has 8 nitrogen and oxygen atoms in total. The Kier molecular flexibility index (Phi) is 3.77. The minimum absolute atomic E-state index is 0.0865. The maximum absolute atomic E-state index is 12.0. The molecule has 2 rings (SSSR count). The average molecular weight is 316 g/mol. The number of nitrogens with one attached hydrogen (secondary N) is 2. The van der Waals surface area contributed by atoms with Crippen LogP contribution in [0, 0.1) is 13.8 Å². The Morgan fingerprint density at radius 1 is 1.30 bits per heavy atom. The fourth-order valence-corrected chi connectivity index (χ4v) is 3.01. The molecule has 2 heterocycles. The fourth-order valence-electron chi connectivity index (χ4n) is 1.54. The standard InChI is InChI=1S/C10H12N4O4S2/c1-5-4-18-6(2)7(5)8(15)11-9-12-13-10(19-9)14-20(3,16)17/h4H,1-3H3,(H,13,14)(H,11,12,15). The summed E-state index contributed by atoms with van der Waals surface area (Å²) >= 11 is 0.922. The van der Waals surface area contributed by atoms with E-state index in [-0.39, 0.29) is 16.2 Å². The van der Waals surface area contributed by atoms with Crippen LogP contribution in [0.2, 0.25) is 0 Å². The second-order valence-corrected chi connectivity index (χ2v) is 6.82. The van der Waals surface area contributed by atoms with E-state index in [0.29, 0.717) is 16.9 Å². The first-order valence-electron chi connectivity index (χ1n) is 5.43. The molecule has 0 unspecified atom stereocenters. The van der Waals surface area contributed by atoms with Crippen molar-refractivity contribution in [2.75, 3.05) is 16.3 Å². The van der Waals surface area contributed by atoms with E-state index >= 15 is 0 Å². The molecule has 1 amide bonds. The Hall–Kier alpha value is -1.94. The van der Waals surface area contributed by atoms with Gasteiger partial charge in [-0.3, -0.25) is 14.8 Å². The van der Waals surface area contributed by atoms with Crippen molar-refractivity contribution in [1.29, 1.82) is 0 Å². The molecule has 0 aliphatic rings. The van der Waals surface area contributed by atoms with Gasteiger partial charge in [0.1, 0.15) is 5.76 Å². The molecule has 0 radical (unpaired) electrons. The van der Waals surface area contributed by atoms with E-state index in [0.717, 1.165) is 17.6 Å². The topological polar surface area (TPSA) is 114 Å². The molecule has 0 spiro atoms. The third kappa shape index (κ3) is 3.33. The summed E-state index contributed by atoms with van der Waals surface area (Å²) in [5.41, 5.74) is 1.14. The number of rotatable bonds is 4. The number of amides is 1. The minimum atomic E-state index is -3.42. The van der Waals surface area contributed by atoms with E-state index in [1.54, 1.807) is 13.8 Å². The zero-order valence-corrected chi connectivity index (χ0v) is 12.6. The number of aromatic nitrogens is 2. The Balaban J connectivity index is 2.13. The lowest BCUT2D eigenvalue weighted by molar-refractivity contribution is 0.102. The molecule has 10 heteroatoms. The van der Waals surface area contributed by atoms with Crippen molar-refractivity contribution in [3.63, 3.8) is 0 Å². The number of aryl methyl sites for hydroxylation is 2. The minimum Gasteiger partial charge on any atom is -0.469 e. The van der Waals surface area contributed by atoms with E-state index in [9.17, 15) is 13.2 Å². The monoisotopic (exact) mass is 316 g/mol. The third-order valence-corrected chi connectivity index (χ3v) is 3.75. The first-order valence-corrected chi connectivity index (χ1v) is 8.14. The molecule has 20 heavy (non-hydrogen) atoms. The van der Waals surface area contributed by atoms with Crippen molar-refractivity contribution in [2.45, 2.75) is 13.8 Å². The molecule has 2 N–H and O–H groups in total. The SMILES string of the molecule is Cc1coc(C)c1C(=O)Nc1nnc(NS(C)(=O)=O)s1. The van der Waals surface area contributed by atoms with Crippen molar-refractivity contribution in [3.8, 4) is 0 Å². The number of hydrogen-bond acceptors (Lipinski definition) is 7. The van der Waals surface area contributed by atoms with Gasteiger partial charge in [0.25, 0.3) is 5.91 Å². The summed E-state index contributed by atoms with van der Waals surface area (Å²) in [5.74, 6) is 0.120. The van der Waals surface area contributed by atoms with E-state index in [4.69, 9.17) is 4.42 Å². The summed E-state index contributed by atoms with van der Waals surface area (Å²) in [6.07, 6.45) is 2.49. The van der Waals surface area contributed by atoms with Crippen LogP contribution in [0.1, 0.15) is 21.7 Å². The van der Waals surface area contributed by atoms with Gasteiger partial charge < -0.3 is 4.42 Å². The summed E-state index contributed by atoms with van der Waals surface area (Å²) in [6.45, 7) is 3.43. The summed E-state index contributed by atoms with van der Waals surface area (Å²) in [7, 11) is -3.42. The lowest BCUT2D eigenvalue weighted by atomic mass is 10.1. The molecule has 0 saturated carbocycles. The van der Waals surface area contributed by atoms with Crippen molar-refractivity contribution in [3.05, 3.63) is 23.2 Å². The van der Waals surface area contributed by atoms with Crippen LogP contribution in [0.15, 0.2) is 10.7 Å². The zero-order valence-electron chi connectivity index (χ0n) is 10.9. The Bertz CT molecular complexity index is 728. The van der Waals surface area contributed by atoms with Crippen LogP contribution in [0.4, 0.5) is 10.3 Å². The first kappa shape index (κ1) is 14.5. The van der Waals surface area contributed by atoms with Gasteiger partial charge in [-0.05, 0) is 13.8 Å². The number of nitrogens with zero attached hydrogens (tertiary/aromatic N) is 2. The quantitative estimate of drug-likeness (QED) is 0.880. The highest BCUT2D eigenvalue weighted by molar-refractivity contribution is 7.92. The van der Waals surface area contributed by atoms with Gasteiger partial charge >= 0.3 is 0 Å². The maximum atomic E-state index is 12.0. The van der Waals surface area contributed by atoms with Crippen LogP contribution < -0.4 is 10.0 Å². The molecule has 0 atom stereocenters. The summed E-state index contributed by atoms with van der Waals surface area (Å²) < 4.78 is 29.4. The van der Waals surface area contributed by atoms with E-state index < -0.39 is 10.0 Å². The molecule has 2 aromatic rings. The zero-order chi connectivity index (χ0) is 14.9. The lowest BCUT2D eigenvalue weighted by Crippen LogP contribution is -2.13. The highest BCUT2D eigenvalue weighted by Gasteiger charge is 2.18. The Morgan fingerprint density at radius 2 is 1.95 bits per heavy atom. The normalized spacial score (nSPS) is 11.3. The van der Waals surface area contributed by atoms with Crippen LogP contribution in [0.5, 0.6) is 0 Å². The van der Waals surface area contributed by atoms with Crippen LogP contribution in [-0.4, -0.2) is 30.8 Å². The molecule has 0 bridgehead atoms. The van der Waals surface area contributed by atoms with Crippen molar-refractivity contribution in [1.82, 2.24) is 10.2 Å². The number of furan rings is 1. The second-order valence-electron chi connectivity index (χ2n) is 4.09. The van der Waals surface area contributed by atoms with Crippen LogP contribution >= 0.6 is 11.3 Å². The Morgan fingerprint density at radius 3 is 2.50 bits per heavy atom. The predicted octanol–water partition coefficient (Wildman–Crippen LogP) is 1.37. The molecule has 108 valence electrons. The molecule has 0 saturated heterocycles. The maximum Gasteiger partial charge on any atom is 0.261 e. The summed E-state index contributed by atoms with van der Waals surface area (Å²) in [6, 6.07) is 0. The van der Waals surface area contributed by atoms with E-state index in [1.807, 2.05) is 0 Å². The van der Waals surface area contributed by atoms with Crippen LogP contribution in [0.25, 0.3) is 0 Å². The van der Waals surface area contributed by atoms with Gasteiger partial charge in [-0.15, -0.1) is 10.2 Å². The average Bonchev–Trinajstić information content (AvgIpc) is 2.84. The number of sulfonamides is 1. The second kappa shape index (κ2) is 5.21. The van der Waals surface area contributed by atoms with Gasteiger partial charge in [-0.1, -0.05) is 11.3 Å². The lowest BCUT2D eigenvalue weighted by Gasteiger charge is -2.00.